The largest absolute Gasteiger partial charge is 0.456 e. The maximum Gasteiger partial charge on any atom is 0.135 e. The van der Waals surface area contributed by atoms with Gasteiger partial charge in [0.1, 0.15) is 29.3 Å². The zero-order valence-corrected chi connectivity index (χ0v) is 26.0. The van der Waals surface area contributed by atoms with E-state index in [0.717, 1.165) is 55.7 Å². The number of nitrogens with one attached hydrogen (secondary N) is 2. The number of fused-ring (bicyclic) bond motifs is 7. The Bertz CT molecular complexity index is 2690. The molecule has 2 N–H and O–H groups in total. The van der Waals surface area contributed by atoms with E-state index in [0.29, 0.717) is 0 Å². The van der Waals surface area contributed by atoms with Crippen LogP contribution in [0.2, 0.25) is 0 Å². The molecular weight excluding hydrogens is 589 g/mol. The molecule has 0 spiro atoms. The molecule has 9 aromatic rings. The maximum absolute atomic E-state index is 6.28. The van der Waals surface area contributed by atoms with Crippen molar-refractivity contribution in [1.29, 1.82) is 0 Å². The third kappa shape index (κ3) is 4.33. The first-order valence-corrected chi connectivity index (χ1v) is 16.4. The average Bonchev–Trinajstić information content (AvgIpc) is 3.68. The van der Waals surface area contributed by atoms with Crippen molar-refractivity contribution in [2.75, 3.05) is 0 Å². The summed E-state index contributed by atoms with van der Waals surface area (Å²) in [4.78, 5) is 5.26. The molecule has 228 valence electrons. The summed E-state index contributed by atoms with van der Waals surface area (Å²) in [5, 5.41) is 14.7. The number of aliphatic imine (C=N–C) groups is 1. The minimum atomic E-state index is -0.288. The molecule has 1 aliphatic heterocycles. The van der Waals surface area contributed by atoms with Crippen LogP contribution in [-0.2, 0) is 0 Å². The number of rotatable bonds is 4. The fraction of sp³-hybridized carbons (Fsp3) is 0.0465. The monoisotopic (exact) mass is 618 g/mol. The predicted octanol–water partition coefficient (Wildman–Crippen LogP) is 10.2. The number of amidine groups is 1. The Kier molecular flexibility index (Phi) is 6.01. The van der Waals surface area contributed by atoms with Crippen molar-refractivity contribution >= 4 is 60.4 Å². The molecule has 2 atom stereocenters. The van der Waals surface area contributed by atoms with Gasteiger partial charge in [0.2, 0.25) is 0 Å². The maximum atomic E-state index is 6.28. The van der Waals surface area contributed by atoms with Crippen molar-refractivity contribution in [3.8, 4) is 5.69 Å². The lowest BCUT2D eigenvalue weighted by Crippen LogP contribution is -2.44. The van der Waals surface area contributed by atoms with Gasteiger partial charge in [0.25, 0.3) is 0 Å². The molecule has 48 heavy (non-hydrogen) atoms. The van der Waals surface area contributed by atoms with Gasteiger partial charge in [0, 0.05) is 32.8 Å². The summed E-state index contributed by atoms with van der Waals surface area (Å²) in [5.41, 5.74) is 8.47. The molecule has 0 radical (unpaired) electrons. The molecule has 0 aliphatic carbocycles. The van der Waals surface area contributed by atoms with Gasteiger partial charge in [-0.05, 0) is 64.4 Å². The van der Waals surface area contributed by atoms with E-state index < -0.39 is 0 Å². The molecule has 0 saturated heterocycles. The first-order valence-electron chi connectivity index (χ1n) is 16.4. The first-order chi connectivity index (χ1) is 23.8. The van der Waals surface area contributed by atoms with Crippen LogP contribution in [-0.4, -0.2) is 10.4 Å². The number of aromatic nitrogens is 1. The van der Waals surface area contributed by atoms with Crippen LogP contribution in [0, 0.1) is 0 Å². The van der Waals surface area contributed by atoms with E-state index in [1.54, 1.807) is 0 Å². The summed E-state index contributed by atoms with van der Waals surface area (Å²) >= 11 is 0. The SMILES string of the molecule is c1ccc(C2=NC(c3ccc4c5cc6ccccc6cc5n(-c5ccccc5)c4c3)NC(c3ccc4c(c3)oc3ccccc34)N2)cc1. The van der Waals surface area contributed by atoms with Gasteiger partial charge in [0.15, 0.2) is 0 Å². The van der Waals surface area contributed by atoms with Crippen LogP contribution in [0.4, 0.5) is 0 Å². The van der Waals surface area contributed by atoms with Gasteiger partial charge in [-0.25, -0.2) is 4.99 Å². The van der Waals surface area contributed by atoms with E-state index in [9.17, 15) is 0 Å². The van der Waals surface area contributed by atoms with Gasteiger partial charge in [-0.2, -0.15) is 0 Å². The van der Waals surface area contributed by atoms with Crippen molar-refractivity contribution in [3.05, 3.63) is 174 Å². The van der Waals surface area contributed by atoms with Crippen LogP contribution >= 0.6 is 0 Å². The summed E-state index contributed by atoms with van der Waals surface area (Å²) in [5.74, 6) is 0.851. The molecule has 0 bridgehead atoms. The topological polar surface area (TPSA) is 54.5 Å². The summed E-state index contributed by atoms with van der Waals surface area (Å²) in [6, 6.07) is 55.7. The fourth-order valence-corrected chi connectivity index (χ4v) is 7.31. The standard InChI is InChI=1S/C43H30N4O/c1-3-11-27(12-4-1)41-44-42(46-43(45-41)31-20-22-35-34-17-9-10-18-39(34)48-40(35)26-31)30-19-21-33-36-23-28-13-7-8-14-29(28)24-38(36)47(37(33)25-30)32-15-5-2-6-16-32/h1-26,42-43,46H,(H,44,45). The van der Waals surface area contributed by atoms with E-state index in [1.807, 2.05) is 18.2 Å². The van der Waals surface area contributed by atoms with Gasteiger partial charge >= 0.3 is 0 Å². The van der Waals surface area contributed by atoms with Gasteiger partial charge in [0.05, 0.1) is 11.0 Å². The van der Waals surface area contributed by atoms with Crippen LogP contribution in [0.25, 0.3) is 60.2 Å². The van der Waals surface area contributed by atoms with Crippen molar-refractivity contribution in [1.82, 2.24) is 15.2 Å². The highest BCUT2D eigenvalue weighted by molar-refractivity contribution is 6.14. The van der Waals surface area contributed by atoms with Crippen molar-refractivity contribution in [2.24, 2.45) is 4.99 Å². The van der Waals surface area contributed by atoms with Crippen molar-refractivity contribution in [2.45, 2.75) is 12.3 Å². The molecule has 10 rings (SSSR count). The van der Waals surface area contributed by atoms with E-state index in [2.05, 4.69) is 155 Å². The molecule has 0 saturated carbocycles. The normalized spacial score (nSPS) is 16.5. The molecular formula is C43H30N4O. The Morgan fingerprint density at radius 1 is 0.521 bits per heavy atom. The molecule has 1 aliphatic rings. The minimum absolute atomic E-state index is 0.193. The quantitative estimate of drug-likeness (QED) is 0.206. The molecule has 7 aromatic carbocycles. The Labute approximate surface area is 276 Å². The average molecular weight is 619 g/mol. The lowest BCUT2D eigenvalue weighted by Gasteiger charge is -2.32. The van der Waals surface area contributed by atoms with Gasteiger partial charge in [-0.15, -0.1) is 0 Å². The number of nitrogens with zero attached hydrogens (tertiary/aromatic N) is 2. The second kappa shape index (κ2) is 10.7. The Morgan fingerprint density at radius 2 is 1.19 bits per heavy atom. The number of furan rings is 1. The van der Waals surface area contributed by atoms with Gasteiger partial charge in [-0.1, -0.05) is 115 Å². The van der Waals surface area contributed by atoms with E-state index in [1.165, 1.54) is 27.1 Å². The van der Waals surface area contributed by atoms with E-state index in [4.69, 9.17) is 9.41 Å². The highest BCUT2D eigenvalue weighted by Gasteiger charge is 2.27. The molecule has 5 nitrogen and oxygen atoms in total. The number of benzene rings is 7. The van der Waals surface area contributed by atoms with E-state index in [-0.39, 0.29) is 12.3 Å². The zero-order chi connectivity index (χ0) is 31.6. The van der Waals surface area contributed by atoms with Crippen LogP contribution < -0.4 is 10.6 Å². The molecule has 2 unspecified atom stereocenters. The fourth-order valence-electron chi connectivity index (χ4n) is 7.31. The number of para-hydroxylation sites is 2. The molecule has 0 fully saturated rings. The Balaban J connectivity index is 1.14. The predicted molar refractivity (Wildman–Crippen MR) is 197 cm³/mol. The van der Waals surface area contributed by atoms with Crippen molar-refractivity contribution < 1.29 is 4.42 Å². The number of hydrogen-bond acceptors (Lipinski definition) is 4. The third-order valence-corrected chi connectivity index (χ3v) is 9.64. The van der Waals surface area contributed by atoms with Crippen LogP contribution in [0.5, 0.6) is 0 Å². The molecule has 3 heterocycles. The molecule has 5 heteroatoms. The van der Waals surface area contributed by atoms with Crippen LogP contribution in [0.1, 0.15) is 29.0 Å². The second-order valence-electron chi connectivity index (χ2n) is 12.5. The van der Waals surface area contributed by atoms with Crippen LogP contribution in [0.15, 0.2) is 167 Å². The highest BCUT2D eigenvalue weighted by atomic mass is 16.3. The van der Waals surface area contributed by atoms with Gasteiger partial charge in [-0.3, -0.25) is 5.32 Å². The smallest absolute Gasteiger partial charge is 0.135 e. The third-order valence-electron chi connectivity index (χ3n) is 9.64. The van der Waals surface area contributed by atoms with Gasteiger partial charge < -0.3 is 14.3 Å². The Hall–Kier alpha value is -6.17. The molecule has 2 aromatic heterocycles. The second-order valence-corrected chi connectivity index (χ2v) is 12.5. The van der Waals surface area contributed by atoms with Crippen LogP contribution in [0.3, 0.4) is 0 Å². The summed E-state index contributed by atoms with van der Waals surface area (Å²) in [6.07, 6.45) is -0.482. The minimum Gasteiger partial charge on any atom is -0.456 e. The highest BCUT2D eigenvalue weighted by Crippen LogP contribution is 2.37. The van der Waals surface area contributed by atoms with E-state index >= 15 is 0 Å². The zero-order valence-electron chi connectivity index (χ0n) is 26.0. The summed E-state index contributed by atoms with van der Waals surface area (Å²) in [7, 11) is 0. The first kappa shape index (κ1) is 27.0. The lowest BCUT2D eigenvalue weighted by molar-refractivity contribution is 0.409. The summed E-state index contributed by atoms with van der Waals surface area (Å²) in [6.45, 7) is 0. The van der Waals surface area contributed by atoms with Crippen molar-refractivity contribution in [3.63, 3.8) is 0 Å². The Morgan fingerprint density at radius 3 is 2.04 bits per heavy atom. The number of hydrogen-bond donors (Lipinski definition) is 2. The lowest BCUT2D eigenvalue weighted by atomic mass is 10.0. The molecule has 0 amide bonds. The summed E-state index contributed by atoms with van der Waals surface area (Å²) < 4.78 is 8.66.